The van der Waals surface area contributed by atoms with E-state index < -0.39 is 6.03 Å². The summed E-state index contributed by atoms with van der Waals surface area (Å²) in [6.45, 7) is 3.60. The van der Waals surface area contributed by atoms with Crippen LogP contribution in [0.5, 0.6) is 0 Å². The molecule has 4 rings (SSSR count). The van der Waals surface area contributed by atoms with Crippen LogP contribution in [0.2, 0.25) is 0 Å². The molecule has 0 aliphatic rings. The smallest absolute Gasteiger partial charge is 0.324 e. The Bertz CT molecular complexity index is 1370. The van der Waals surface area contributed by atoms with Gasteiger partial charge in [0.1, 0.15) is 17.5 Å². The summed E-state index contributed by atoms with van der Waals surface area (Å²) in [6, 6.07) is 23.9. The normalized spacial score (nSPS) is 10.4. The predicted molar refractivity (Wildman–Crippen MR) is 140 cm³/mol. The Morgan fingerprint density at radius 3 is 2.23 bits per heavy atom. The van der Waals surface area contributed by atoms with E-state index in [1.165, 1.54) is 0 Å². The Morgan fingerprint density at radius 1 is 0.714 bits per heavy atom. The van der Waals surface area contributed by atoms with Gasteiger partial charge in [0.05, 0.1) is 0 Å². The molecule has 0 saturated heterocycles. The molecule has 8 nitrogen and oxygen atoms in total. The van der Waals surface area contributed by atoms with Crippen molar-refractivity contribution in [1.29, 1.82) is 0 Å². The molecule has 35 heavy (non-hydrogen) atoms. The molecule has 0 radical (unpaired) electrons. The summed E-state index contributed by atoms with van der Waals surface area (Å²) >= 11 is 0. The zero-order chi connectivity index (χ0) is 24.8. The van der Waals surface area contributed by atoms with Gasteiger partial charge in [0, 0.05) is 30.1 Å². The molecule has 0 atom stereocenters. The van der Waals surface area contributed by atoms with Crippen molar-refractivity contribution >= 4 is 34.9 Å². The average Bonchev–Trinajstić information content (AvgIpc) is 2.85. The number of aromatic nitrogens is 2. The quantitative estimate of drug-likeness (QED) is 0.292. The highest BCUT2D eigenvalue weighted by Gasteiger charge is 2.12. The van der Waals surface area contributed by atoms with E-state index in [2.05, 4.69) is 31.2 Å². The second-order valence-electron chi connectivity index (χ2n) is 7.95. The minimum Gasteiger partial charge on any atom is -0.373 e. The molecule has 0 saturated carbocycles. The molecule has 4 aromatic rings. The van der Waals surface area contributed by atoms with Crippen molar-refractivity contribution in [1.82, 2.24) is 9.97 Å². The maximum Gasteiger partial charge on any atom is 0.324 e. The van der Waals surface area contributed by atoms with Gasteiger partial charge in [0.15, 0.2) is 0 Å². The monoisotopic (exact) mass is 466 g/mol. The van der Waals surface area contributed by atoms with E-state index in [9.17, 15) is 9.59 Å². The fraction of sp³-hybridized carbons (Fsp3) is 0.111. The standard InChI is InChI=1S/C27H26N6O2/c1-17-12-13-21(15-23(17)32-27(35)33-25-16-24(28-3)29-18(2)30-25)26(34)31-22-11-7-10-20(14-22)19-8-5-4-6-9-19/h4-16H,1-3H3,(H,31,34)(H3,28,29,30,32,33,35). The number of nitrogens with zero attached hydrogens (tertiary/aromatic N) is 2. The number of nitrogens with one attached hydrogen (secondary N) is 4. The number of anilines is 4. The zero-order valence-corrected chi connectivity index (χ0v) is 19.7. The van der Waals surface area contributed by atoms with Gasteiger partial charge in [0.2, 0.25) is 0 Å². The van der Waals surface area contributed by atoms with E-state index in [1.807, 2.05) is 61.5 Å². The van der Waals surface area contributed by atoms with E-state index in [0.717, 1.165) is 16.7 Å². The molecule has 3 aromatic carbocycles. The van der Waals surface area contributed by atoms with Crippen molar-refractivity contribution in [3.8, 4) is 11.1 Å². The van der Waals surface area contributed by atoms with Crippen molar-refractivity contribution in [2.24, 2.45) is 0 Å². The molecule has 0 unspecified atom stereocenters. The number of urea groups is 1. The molecule has 3 amide bonds. The predicted octanol–water partition coefficient (Wildman–Crippen LogP) is 5.70. The Kier molecular flexibility index (Phi) is 7.02. The summed E-state index contributed by atoms with van der Waals surface area (Å²) in [7, 11) is 1.74. The van der Waals surface area contributed by atoms with Gasteiger partial charge in [0.25, 0.3) is 5.91 Å². The summed E-state index contributed by atoms with van der Waals surface area (Å²) < 4.78 is 0. The Hall–Kier alpha value is -4.72. The van der Waals surface area contributed by atoms with Crippen LogP contribution in [0, 0.1) is 13.8 Å². The van der Waals surface area contributed by atoms with Gasteiger partial charge in [-0.3, -0.25) is 10.1 Å². The molecule has 4 N–H and O–H groups in total. The molecule has 1 aromatic heterocycles. The summed E-state index contributed by atoms with van der Waals surface area (Å²) in [6.07, 6.45) is 0. The second-order valence-corrected chi connectivity index (χ2v) is 7.95. The van der Waals surface area contributed by atoms with Gasteiger partial charge < -0.3 is 16.0 Å². The number of benzene rings is 3. The maximum atomic E-state index is 12.9. The van der Waals surface area contributed by atoms with Crippen molar-refractivity contribution in [2.45, 2.75) is 13.8 Å². The molecule has 0 aliphatic carbocycles. The molecule has 1 heterocycles. The topological polar surface area (TPSA) is 108 Å². The van der Waals surface area contributed by atoms with Gasteiger partial charge in [-0.25, -0.2) is 14.8 Å². The van der Waals surface area contributed by atoms with Crippen LogP contribution < -0.4 is 21.3 Å². The molecular weight excluding hydrogens is 440 g/mol. The van der Waals surface area contributed by atoms with Crippen LogP contribution in [0.3, 0.4) is 0 Å². The molecular formula is C27H26N6O2. The number of hydrogen-bond donors (Lipinski definition) is 4. The highest BCUT2D eigenvalue weighted by molar-refractivity contribution is 6.06. The third kappa shape index (κ3) is 6.00. The number of hydrogen-bond acceptors (Lipinski definition) is 5. The highest BCUT2D eigenvalue weighted by atomic mass is 16.2. The first-order chi connectivity index (χ1) is 16.9. The SMILES string of the molecule is CNc1cc(NC(=O)Nc2cc(C(=O)Nc3cccc(-c4ccccc4)c3)ccc2C)nc(C)n1. The van der Waals surface area contributed by atoms with Crippen LogP contribution in [-0.2, 0) is 0 Å². The fourth-order valence-corrected chi connectivity index (χ4v) is 3.54. The van der Waals surface area contributed by atoms with Crippen LogP contribution in [-0.4, -0.2) is 29.0 Å². The van der Waals surface area contributed by atoms with Crippen molar-refractivity contribution < 1.29 is 9.59 Å². The van der Waals surface area contributed by atoms with Crippen LogP contribution in [0.4, 0.5) is 27.8 Å². The lowest BCUT2D eigenvalue weighted by Crippen LogP contribution is -2.21. The molecule has 0 bridgehead atoms. The number of rotatable bonds is 6. The Balaban J connectivity index is 1.47. The van der Waals surface area contributed by atoms with Gasteiger partial charge in [-0.2, -0.15) is 0 Å². The Labute approximate surface area is 203 Å². The minimum atomic E-state index is -0.471. The van der Waals surface area contributed by atoms with Crippen LogP contribution in [0.25, 0.3) is 11.1 Å². The van der Waals surface area contributed by atoms with Crippen molar-refractivity contribution in [3.63, 3.8) is 0 Å². The molecule has 176 valence electrons. The van der Waals surface area contributed by atoms with Gasteiger partial charge in [-0.05, 0) is 54.8 Å². The second kappa shape index (κ2) is 10.5. The van der Waals surface area contributed by atoms with Crippen LogP contribution in [0.1, 0.15) is 21.7 Å². The summed E-state index contributed by atoms with van der Waals surface area (Å²) in [5, 5.41) is 11.4. The van der Waals surface area contributed by atoms with E-state index in [0.29, 0.717) is 34.4 Å². The van der Waals surface area contributed by atoms with Crippen molar-refractivity contribution in [3.05, 3.63) is 95.8 Å². The third-order valence-corrected chi connectivity index (χ3v) is 5.31. The summed E-state index contributed by atoms with van der Waals surface area (Å²) in [4.78, 5) is 34.0. The van der Waals surface area contributed by atoms with Gasteiger partial charge in [-0.15, -0.1) is 0 Å². The average molecular weight is 467 g/mol. The van der Waals surface area contributed by atoms with E-state index in [4.69, 9.17) is 0 Å². The van der Waals surface area contributed by atoms with E-state index >= 15 is 0 Å². The minimum absolute atomic E-state index is 0.274. The number of carbonyl (C=O) groups is 2. The first kappa shape index (κ1) is 23.4. The highest BCUT2D eigenvalue weighted by Crippen LogP contribution is 2.24. The summed E-state index contributed by atoms with van der Waals surface area (Å²) in [5.74, 6) is 1.21. The maximum absolute atomic E-state index is 12.9. The van der Waals surface area contributed by atoms with Gasteiger partial charge in [-0.1, -0.05) is 48.5 Å². The third-order valence-electron chi connectivity index (χ3n) is 5.31. The molecule has 0 fully saturated rings. The van der Waals surface area contributed by atoms with Crippen LogP contribution in [0.15, 0.2) is 78.9 Å². The summed E-state index contributed by atoms with van der Waals surface area (Å²) in [5.41, 5.74) is 4.52. The Morgan fingerprint density at radius 2 is 1.46 bits per heavy atom. The lowest BCUT2D eigenvalue weighted by atomic mass is 10.0. The lowest BCUT2D eigenvalue weighted by molar-refractivity contribution is 0.102. The van der Waals surface area contributed by atoms with E-state index in [1.54, 1.807) is 38.2 Å². The fourth-order valence-electron chi connectivity index (χ4n) is 3.54. The van der Waals surface area contributed by atoms with Crippen LogP contribution >= 0.6 is 0 Å². The number of amides is 3. The number of carbonyl (C=O) groups excluding carboxylic acids is 2. The van der Waals surface area contributed by atoms with E-state index in [-0.39, 0.29) is 5.91 Å². The first-order valence-corrected chi connectivity index (χ1v) is 11.1. The molecule has 8 heteroatoms. The first-order valence-electron chi connectivity index (χ1n) is 11.1. The number of aryl methyl sites for hydroxylation is 2. The molecule has 0 spiro atoms. The zero-order valence-electron chi connectivity index (χ0n) is 19.7. The van der Waals surface area contributed by atoms with Gasteiger partial charge >= 0.3 is 6.03 Å². The lowest BCUT2D eigenvalue weighted by Gasteiger charge is -2.13. The van der Waals surface area contributed by atoms with Crippen molar-refractivity contribution in [2.75, 3.05) is 28.3 Å². The largest absolute Gasteiger partial charge is 0.373 e. The molecule has 0 aliphatic heterocycles.